The summed E-state index contributed by atoms with van der Waals surface area (Å²) >= 11 is 0. The summed E-state index contributed by atoms with van der Waals surface area (Å²) in [5, 5.41) is 3.75. The normalized spacial score (nSPS) is 20.0. The van der Waals surface area contributed by atoms with Gasteiger partial charge in [0.15, 0.2) is 0 Å². The number of carbonyl (C=O) groups excluding carboxylic acids is 3. The summed E-state index contributed by atoms with van der Waals surface area (Å²) in [7, 11) is 1.33. The van der Waals surface area contributed by atoms with E-state index in [0.717, 1.165) is 11.1 Å². The van der Waals surface area contributed by atoms with Crippen molar-refractivity contribution in [3.63, 3.8) is 0 Å². The van der Waals surface area contributed by atoms with Gasteiger partial charge < -0.3 is 9.64 Å². The summed E-state index contributed by atoms with van der Waals surface area (Å²) in [6, 6.07) is 7.47. The van der Waals surface area contributed by atoms with Gasteiger partial charge >= 0.3 is 5.97 Å². The van der Waals surface area contributed by atoms with E-state index in [1.807, 2.05) is 24.3 Å². The summed E-state index contributed by atoms with van der Waals surface area (Å²) < 4.78 is 4.84. The molecule has 22 heavy (non-hydrogen) atoms. The Hall–Kier alpha value is -2.70. The highest BCUT2D eigenvalue weighted by atomic mass is 16.5. The molecule has 2 heterocycles. The first kappa shape index (κ1) is 14.2. The third-order valence-electron chi connectivity index (χ3n) is 3.86. The summed E-state index contributed by atoms with van der Waals surface area (Å²) in [5.74, 6) is -1.54. The lowest BCUT2D eigenvalue weighted by Gasteiger charge is -2.33. The largest absolute Gasteiger partial charge is 0.468 e. The number of amides is 2. The predicted octanol–water partition coefficient (Wildman–Crippen LogP) is 0.161. The fourth-order valence-electron chi connectivity index (χ4n) is 2.77. The van der Waals surface area contributed by atoms with Crippen LogP contribution in [0.25, 0.3) is 0 Å². The van der Waals surface area contributed by atoms with Gasteiger partial charge in [-0.3, -0.25) is 14.4 Å². The van der Waals surface area contributed by atoms with E-state index < -0.39 is 5.92 Å². The van der Waals surface area contributed by atoms with Crippen LogP contribution in [0, 0.1) is 0 Å². The molecule has 0 spiro atoms. The van der Waals surface area contributed by atoms with Gasteiger partial charge in [0.2, 0.25) is 5.91 Å². The molecule has 7 nitrogen and oxygen atoms in total. The average Bonchev–Trinajstić information content (AvgIpc) is 2.98. The van der Waals surface area contributed by atoms with Gasteiger partial charge in [-0.15, -0.1) is 0 Å². The minimum Gasteiger partial charge on any atom is -0.468 e. The lowest BCUT2D eigenvalue weighted by atomic mass is 9.89. The highest BCUT2D eigenvalue weighted by Crippen LogP contribution is 2.29. The fourth-order valence-corrected chi connectivity index (χ4v) is 2.77. The zero-order valence-electron chi connectivity index (χ0n) is 12.0. The molecule has 1 aromatic rings. The van der Waals surface area contributed by atoms with E-state index in [-0.39, 0.29) is 36.5 Å². The smallest absolute Gasteiger partial charge is 0.314 e. The Kier molecular flexibility index (Phi) is 3.62. The van der Waals surface area contributed by atoms with Crippen LogP contribution in [0.5, 0.6) is 0 Å². The molecule has 0 saturated heterocycles. The summed E-state index contributed by atoms with van der Waals surface area (Å²) in [4.78, 5) is 37.2. The Morgan fingerprint density at radius 3 is 2.82 bits per heavy atom. The summed E-state index contributed by atoms with van der Waals surface area (Å²) in [6.45, 7) is 0.603. The number of hydrazone groups is 1. The van der Waals surface area contributed by atoms with Crippen molar-refractivity contribution < 1.29 is 19.1 Å². The third-order valence-corrected chi connectivity index (χ3v) is 3.86. The molecular weight excluding hydrogens is 286 g/mol. The Labute approximate surface area is 126 Å². The minimum atomic E-state index is -0.524. The number of ether oxygens (including phenoxy) is 1. The van der Waals surface area contributed by atoms with Gasteiger partial charge in [0.25, 0.3) is 5.91 Å². The second kappa shape index (κ2) is 5.59. The third kappa shape index (κ3) is 2.45. The number of benzene rings is 1. The first-order chi connectivity index (χ1) is 10.6. The maximum atomic E-state index is 12.5. The standard InChI is InChI=1S/C15H15N3O4/c1-22-15(21)11-8-18(7-9-4-2-3-5-10(9)11)14(20)12-6-13(19)17-16-12/h2-5,11H,6-8H2,1H3,(H,17,19). The van der Waals surface area contributed by atoms with Gasteiger partial charge in [0.1, 0.15) is 5.71 Å². The van der Waals surface area contributed by atoms with Crippen molar-refractivity contribution in [2.45, 2.75) is 18.9 Å². The number of hydrogen-bond acceptors (Lipinski definition) is 5. The van der Waals surface area contributed by atoms with E-state index in [9.17, 15) is 14.4 Å². The predicted molar refractivity (Wildman–Crippen MR) is 76.8 cm³/mol. The van der Waals surface area contributed by atoms with Gasteiger partial charge in [-0.1, -0.05) is 24.3 Å². The Morgan fingerprint density at radius 2 is 2.14 bits per heavy atom. The van der Waals surface area contributed by atoms with Crippen molar-refractivity contribution in [2.24, 2.45) is 5.10 Å². The molecule has 1 aromatic carbocycles. The van der Waals surface area contributed by atoms with Crippen LogP contribution in [0.2, 0.25) is 0 Å². The topological polar surface area (TPSA) is 88.1 Å². The second-order valence-corrected chi connectivity index (χ2v) is 5.23. The maximum Gasteiger partial charge on any atom is 0.314 e. The molecule has 0 saturated carbocycles. The van der Waals surface area contributed by atoms with E-state index in [1.54, 1.807) is 0 Å². The van der Waals surface area contributed by atoms with Gasteiger partial charge in [-0.25, -0.2) is 5.43 Å². The SMILES string of the molecule is COC(=O)C1CN(C(=O)C2=NNC(=O)C2)Cc2ccccc21. The molecule has 0 aliphatic carbocycles. The Balaban J connectivity index is 1.88. The molecule has 2 aliphatic rings. The van der Waals surface area contributed by atoms with Crippen LogP contribution in [0.1, 0.15) is 23.5 Å². The Morgan fingerprint density at radius 1 is 1.36 bits per heavy atom. The number of carbonyl (C=O) groups is 3. The molecule has 0 aromatic heterocycles. The molecule has 0 radical (unpaired) electrons. The Bertz CT molecular complexity index is 683. The van der Waals surface area contributed by atoms with Crippen LogP contribution in [-0.4, -0.2) is 42.0 Å². The molecule has 0 bridgehead atoms. The van der Waals surface area contributed by atoms with E-state index in [2.05, 4.69) is 10.5 Å². The number of nitrogens with one attached hydrogen (secondary N) is 1. The van der Waals surface area contributed by atoms with Crippen LogP contribution in [0.4, 0.5) is 0 Å². The molecule has 7 heteroatoms. The fraction of sp³-hybridized carbons (Fsp3) is 0.333. The summed E-state index contributed by atoms with van der Waals surface area (Å²) in [5.41, 5.74) is 4.21. The zero-order chi connectivity index (χ0) is 15.7. The van der Waals surface area contributed by atoms with Gasteiger partial charge in [-0.2, -0.15) is 5.10 Å². The molecule has 1 atom stereocenters. The average molecular weight is 301 g/mol. The van der Waals surface area contributed by atoms with Crippen LogP contribution >= 0.6 is 0 Å². The number of hydrogen-bond donors (Lipinski definition) is 1. The molecular formula is C15H15N3O4. The number of methoxy groups -OCH3 is 1. The van der Waals surface area contributed by atoms with Crippen LogP contribution in [0.15, 0.2) is 29.4 Å². The van der Waals surface area contributed by atoms with Crippen molar-refractivity contribution >= 4 is 23.5 Å². The quantitative estimate of drug-likeness (QED) is 0.788. The van der Waals surface area contributed by atoms with Gasteiger partial charge in [-0.05, 0) is 11.1 Å². The highest BCUT2D eigenvalue weighted by molar-refractivity contribution is 6.43. The van der Waals surface area contributed by atoms with E-state index in [4.69, 9.17) is 4.74 Å². The van der Waals surface area contributed by atoms with Crippen molar-refractivity contribution in [1.82, 2.24) is 10.3 Å². The number of nitrogens with zero attached hydrogens (tertiary/aromatic N) is 2. The molecule has 3 rings (SSSR count). The molecule has 2 amide bonds. The number of esters is 1. The van der Waals surface area contributed by atoms with Crippen LogP contribution in [-0.2, 0) is 25.7 Å². The monoisotopic (exact) mass is 301 g/mol. The van der Waals surface area contributed by atoms with Crippen LogP contribution in [0.3, 0.4) is 0 Å². The number of fused-ring (bicyclic) bond motifs is 1. The lowest BCUT2D eigenvalue weighted by molar-refractivity contribution is -0.144. The van der Waals surface area contributed by atoms with E-state index in [1.165, 1.54) is 12.0 Å². The molecule has 1 unspecified atom stereocenters. The molecule has 114 valence electrons. The first-order valence-electron chi connectivity index (χ1n) is 6.90. The lowest BCUT2D eigenvalue weighted by Crippen LogP contribution is -2.43. The second-order valence-electron chi connectivity index (χ2n) is 5.23. The minimum absolute atomic E-state index is 0.0279. The van der Waals surface area contributed by atoms with Gasteiger partial charge in [0.05, 0.1) is 19.4 Å². The van der Waals surface area contributed by atoms with E-state index >= 15 is 0 Å². The maximum absolute atomic E-state index is 12.5. The first-order valence-corrected chi connectivity index (χ1v) is 6.90. The van der Waals surface area contributed by atoms with E-state index in [0.29, 0.717) is 6.54 Å². The van der Waals surface area contributed by atoms with Crippen molar-refractivity contribution in [3.05, 3.63) is 35.4 Å². The summed E-state index contributed by atoms with van der Waals surface area (Å²) in [6.07, 6.45) is -0.0279. The van der Waals surface area contributed by atoms with Gasteiger partial charge in [0, 0.05) is 13.1 Å². The molecule has 1 N–H and O–H groups in total. The number of rotatable bonds is 2. The molecule has 2 aliphatic heterocycles. The van der Waals surface area contributed by atoms with Crippen molar-refractivity contribution in [3.8, 4) is 0 Å². The van der Waals surface area contributed by atoms with Crippen molar-refractivity contribution in [1.29, 1.82) is 0 Å². The zero-order valence-corrected chi connectivity index (χ0v) is 12.0. The van der Waals surface area contributed by atoms with Crippen LogP contribution < -0.4 is 5.43 Å². The molecule has 0 fully saturated rings. The van der Waals surface area contributed by atoms with Crippen molar-refractivity contribution in [2.75, 3.05) is 13.7 Å². The highest BCUT2D eigenvalue weighted by Gasteiger charge is 2.35.